The number of fused-ring (bicyclic) bond motifs is 2. The van der Waals surface area contributed by atoms with Gasteiger partial charge in [0.1, 0.15) is 6.61 Å². The molecule has 0 bridgehead atoms. The van der Waals surface area contributed by atoms with Crippen LogP contribution in [-0.2, 0) is 10.3 Å². The number of aryl methyl sites for hydroxylation is 1. The Morgan fingerprint density at radius 3 is 2.59 bits per heavy atom. The van der Waals surface area contributed by atoms with Crippen molar-refractivity contribution in [2.24, 2.45) is 0 Å². The third-order valence-electron chi connectivity index (χ3n) is 6.26. The summed E-state index contributed by atoms with van der Waals surface area (Å²) in [6, 6.07) is 14.5. The topological polar surface area (TPSA) is 95.7 Å². The molecule has 2 heterocycles. The number of nitrogens with zero attached hydrogens (tertiary/aromatic N) is 2. The predicted octanol–water partition coefficient (Wildman–Crippen LogP) is 1.88. The number of amides is 1. The number of carbonyl (C=O) groups excluding carboxylic acids is 1. The summed E-state index contributed by atoms with van der Waals surface area (Å²) in [5.74, 6) is -1.10. The number of benzene rings is 2. The largest absolute Gasteiger partial charge is 0.389 e. The molecular weight excluding hydrogens is 346 g/mol. The zero-order valence-electron chi connectivity index (χ0n) is 15.2. The highest BCUT2D eigenvalue weighted by Crippen LogP contribution is 2.58. The first kappa shape index (κ1) is 17.6. The molecule has 3 atom stereocenters. The van der Waals surface area contributed by atoms with Gasteiger partial charge in [-0.3, -0.25) is 19.8 Å². The molecule has 2 aromatic carbocycles. The molecule has 7 nitrogen and oxygen atoms in total. The molecule has 1 spiro atoms. The minimum atomic E-state index is -1.90. The Morgan fingerprint density at radius 1 is 1.26 bits per heavy atom. The number of carbonyl (C=O) groups is 1. The van der Waals surface area contributed by atoms with Crippen LogP contribution in [0.1, 0.15) is 22.6 Å². The molecule has 2 aliphatic heterocycles. The van der Waals surface area contributed by atoms with Gasteiger partial charge in [0, 0.05) is 22.7 Å². The van der Waals surface area contributed by atoms with E-state index in [1.165, 1.54) is 0 Å². The zero-order chi connectivity index (χ0) is 19.4. The van der Waals surface area contributed by atoms with Crippen LogP contribution in [0.2, 0.25) is 0 Å². The van der Waals surface area contributed by atoms with Crippen LogP contribution in [0.3, 0.4) is 0 Å². The number of aliphatic hydroxyl groups excluding tert-OH is 1. The number of nitro groups is 1. The van der Waals surface area contributed by atoms with Gasteiger partial charge in [-0.25, -0.2) is 0 Å². The van der Waals surface area contributed by atoms with E-state index < -0.39 is 34.4 Å². The average molecular weight is 367 g/mol. The Bertz CT molecular complexity index is 946. The number of nitrogens with one attached hydrogen (secondary N) is 1. The quantitative estimate of drug-likeness (QED) is 0.638. The van der Waals surface area contributed by atoms with Crippen molar-refractivity contribution in [1.82, 2.24) is 4.90 Å². The standard InChI is InChI=1S/C20H21N3O4/c1-13-7-3-4-8-14(13)16-11-22(2)20(19(16,12-24)23(26)27)15-9-5-6-10-17(15)21-18(20)25/h3-10,16,24H,11-12H2,1-2H3,(H,21,25)/t16-,19-,20?/m0/s1. The van der Waals surface area contributed by atoms with E-state index in [1.807, 2.05) is 31.2 Å². The highest BCUT2D eigenvalue weighted by atomic mass is 16.6. The molecule has 1 fully saturated rings. The van der Waals surface area contributed by atoms with Gasteiger partial charge in [0.2, 0.25) is 5.54 Å². The molecule has 1 unspecified atom stereocenters. The Morgan fingerprint density at radius 2 is 1.93 bits per heavy atom. The zero-order valence-corrected chi connectivity index (χ0v) is 15.2. The van der Waals surface area contributed by atoms with E-state index in [1.54, 1.807) is 36.2 Å². The molecule has 0 radical (unpaired) electrons. The maximum atomic E-state index is 13.2. The monoisotopic (exact) mass is 367 g/mol. The van der Waals surface area contributed by atoms with Crippen LogP contribution in [0.4, 0.5) is 5.69 Å². The lowest BCUT2D eigenvalue weighted by molar-refractivity contribution is -0.587. The number of hydrogen-bond donors (Lipinski definition) is 2. The Labute approximate surface area is 156 Å². The molecule has 2 aliphatic rings. The van der Waals surface area contributed by atoms with Gasteiger partial charge in [-0.05, 0) is 31.2 Å². The second-order valence-corrected chi connectivity index (χ2v) is 7.34. The van der Waals surface area contributed by atoms with E-state index in [2.05, 4.69) is 5.32 Å². The van der Waals surface area contributed by atoms with Crippen molar-refractivity contribution in [2.45, 2.75) is 23.9 Å². The minimum Gasteiger partial charge on any atom is -0.389 e. The van der Waals surface area contributed by atoms with Gasteiger partial charge in [-0.1, -0.05) is 42.5 Å². The molecule has 27 heavy (non-hydrogen) atoms. The highest BCUT2D eigenvalue weighted by molar-refractivity contribution is 6.07. The Balaban J connectivity index is 2.05. The average Bonchev–Trinajstić information content (AvgIpc) is 3.10. The third-order valence-corrected chi connectivity index (χ3v) is 6.26. The van der Waals surface area contributed by atoms with E-state index in [9.17, 15) is 20.0 Å². The molecule has 1 amide bonds. The van der Waals surface area contributed by atoms with Crippen LogP contribution < -0.4 is 5.32 Å². The third kappa shape index (κ3) is 1.95. The first-order valence-electron chi connectivity index (χ1n) is 8.84. The van der Waals surface area contributed by atoms with E-state index >= 15 is 0 Å². The Hall–Kier alpha value is -2.77. The smallest absolute Gasteiger partial charge is 0.283 e. The van der Waals surface area contributed by atoms with Crippen molar-refractivity contribution in [3.8, 4) is 0 Å². The van der Waals surface area contributed by atoms with Crippen LogP contribution in [0.15, 0.2) is 48.5 Å². The van der Waals surface area contributed by atoms with Crippen LogP contribution in [0, 0.1) is 17.0 Å². The van der Waals surface area contributed by atoms with Crippen LogP contribution in [-0.4, -0.2) is 46.6 Å². The van der Waals surface area contributed by atoms with Crippen LogP contribution >= 0.6 is 0 Å². The fourth-order valence-corrected chi connectivity index (χ4v) is 5.07. The van der Waals surface area contributed by atoms with Crippen LogP contribution in [0.5, 0.6) is 0 Å². The van der Waals surface area contributed by atoms with Crippen molar-refractivity contribution < 1.29 is 14.8 Å². The summed E-state index contributed by atoms with van der Waals surface area (Å²) in [7, 11) is 1.72. The lowest BCUT2D eigenvalue weighted by atomic mass is 9.67. The fraction of sp³-hybridized carbons (Fsp3) is 0.350. The van der Waals surface area contributed by atoms with E-state index in [0.717, 1.165) is 11.1 Å². The van der Waals surface area contributed by atoms with Crippen molar-refractivity contribution in [2.75, 3.05) is 25.5 Å². The van der Waals surface area contributed by atoms with E-state index in [4.69, 9.17) is 0 Å². The summed E-state index contributed by atoms with van der Waals surface area (Å²) in [5.41, 5.74) is -0.693. The fourth-order valence-electron chi connectivity index (χ4n) is 5.07. The summed E-state index contributed by atoms with van der Waals surface area (Å²) in [5, 5.41) is 25.8. The van der Waals surface area contributed by atoms with Gasteiger partial charge in [-0.15, -0.1) is 0 Å². The van der Waals surface area contributed by atoms with Gasteiger partial charge in [0.15, 0.2) is 0 Å². The Kier molecular flexibility index (Phi) is 3.83. The molecule has 2 N–H and O–H groups in total. The van der Waals surface area contributed by atoms with Gasteiger partial charge < -0.3 is 10.4 Å². The summed E-state index contributed by atoms with van der Waals surface area (Å²) >= 11 is 0. The second kappa shape index (κ2) is 5.87. The maximum absolute atomic E-state index is 13.2. The number of likely N-dealkylation sites (N-methyl/N-ethyl adjacent to an activating group) is 1. The summed E-state index contributed by atoms with van der Waals surface area (Å²) in [6.07, 6.45) is 0. The van der Waals surface area contributed by atoms with Gasteiger partial charge in [0.25, 0.3) is 11.4 Å². The van der Waals surface area contributed by atoms with Gasteiger partial charge in [0.05, 0.1) is 5.92 Å². The molecule has 0 aliphatic carbocycles. The first-order chi connectivity index (χ1) is 12.9. The number of hydrogen-bond acceptors (Lipinski definition) is 5. The maximum Gasteiger partial charge on any atom is 0.283 e. The number of para-hydroxylation sites is 1. The van der Waals surface area contributed by atoms with Crippen molar-refractivity contribution in [1.29, 1.82) is 0 Å². The summed E-state index contributed by atoms with van der Waals surface area (Å²) in [6.45, 7) is 1.43. The molecule has 4 rings (SSSR count). The van der Waals surface area contributed by atoms with Crippen molar-refractivity contribution in [3.63, 3.8) is 0 Å². The van der Waals surface area contributed by atoms with Gasteiger partial charge >= 0.3 is 0 Å². The second-order valence-electron chi connectivity index (χ2n) is 7.34. The number of rotatable bonds is 3. The van der Waals surface area contributed by atoms with E-state index in [0.29, 0.717) is 11.3 Å². The molecule has 0 saturated carbocycles. The highest BCUT2D eigenvalue weighted by Gasteiger charge is 2.78. The van der Waals surface area contributed by atoms with Crippen LogP contribution in [0.25, 0.3) is 0 Å². The van der Waals surface area contributed by atoms with Crippen molar-refractivity contribution >= 4 is 11.6 Å². The number of aliphatic hydroxyl groups is 1. The number of anilines is 1. The van der Waals surface area contributed by atoms with E-state index in [-0.39, 0.29) is 6.54 Å². The lowest BCUT2D eigenvalue weighted by Gasteiger charge is -2.38. The van der Waals surface area contributed by atoms with Crippen molar-refractivity contribution in [3.05, 3.63) is 75.3 Å². The minimum absolute atomic E-state index is 0.286. The molecule has 140 valence electrons. The molecule has 0 aromatic heterocycles. The summed E-state index contributed by atoms with van der Waals surface area (Å²) < 4.78 is 0. The molecule has 7 heteroatoms. The SMILES string of the molecule is Cc1ccccc1[C@@H]1CN(C)C2(C(=O)Nc3ccccc32)[C@@]1(CO)[N+](=O)[O-]. The molecular formula is C20H21N3O4. The summed E-state index contributed by atoms with van der Waals surface area (Å²) in [4.78, 5) is 27.1. The lowest BCUT2D eigenvalue weighted by Crippen LogP contribution is -2.65. The normalized spacial score (nSPS) is 29.7. The molecule has 1 saturated heterocycles. The molecule has 2 aromatic rings. The van der Waals surface area contributed by atoms with Gasteiger partial charge in [-0.2, -0.15) is 0 Å². The number of likely N-dealkylation sites (tertiary alicyclic amines) is 1. The first-order valence-corrected chi connectivity index (χ1v) is 8.84. The predicted molar refractivity (Wildman–Crippen MR) is 100 cm³/mol.